The molecule has 0 amide bonds. The molecule has 2 saturated heterocycles. The Morgan fingerprint density at radius 3 is 2.53 bits per heavy atom. The molecule has 2 aliphatic rings. The maximum atomic E-state index is 9.52. The van der Waals surface area contributed by atoms with Gasteiger partial charge in [0, 0.05) is 7.11 Å². The summed E-state index contributed by atoms with van der Waals surface area (Å²) in [5.74, 6) is -0.643. The van der Waals surface area contributed by atoms with Gasteiger partial charge in [-0.1, -0.05) is 0 Å². The summed E-state index contributed by atoms with van der Waals surface area (Å²) in [6, 6.07) is 0. The summed E-state index contributed by atoms with van der Waals surface area (Å²) in [7, 11) is 1.58. The van der Waals surface area contributed by atoms with Crippen LogP contribution in [-0.4, -0.2) is 48.7 Å². The van der Waals surface area contributed by atoms with Crippen LogP contribution in [-0.2, 0) is 18.9 Å². The first-order valence-corrected chi connectivity index (χ1v) is 5.16. The average Bonchev–Trinajstić information content (AvgIpc) is 2.55. The van der Waals surface area contributed by atoms with Gasteiger partial charge in [-0.15, -0.1) is 0 Å². The topological polar surface area (TPSA) is 57.2 Å². The standard InChI is InChI=1S/C10H18O5/c1-5(11)6-7(12-4)8-9(13-6)15-10(2,3)14-8/h5-9,11H,1-4H3/t5-,6+,7-,8-,9-/m1/s1. The molecule has 2 rings (SSSR count). The van der Waals surface area contributed by atoms with Crippen molar-refractivity contribution < 1.29 is 24.1 Å². The largest absolute Gasteiger partial charge is 0.391 e. The molecule has 5 heteroatoms. The lowest BCUT2D eigenvalue weighted by Gasteiger charge is -2.26. The van der Waals surface area contributed by atoms with E-state index in [1.54, 1.807) is 14.0 Å². The predicted molar refractivity (Wildman–Crippen MR) is 51.2 cm³/mol. The molecule has 0 aromatic heterocycles. The Balaban J connectivity index is 2.11. The summed E-state index contributed by atoms with van der Waals surface area (Å²) >= 11 is 0. The van der Waals surface area contributed by atoms with Crippen LogP contribution in [0.3, 0.4) is 0 Å². The van der Waals surface area contributed by atoms with Gasteiger partial charge in [-0.25, -0.2) is 0 Å². The first-order valence-electron chi connectivity index (χ1n) is 5.16. The average molecular weight is 218 g/mol. The molecule has 1 N–H and O–H groups in total. The fourth-order valence-corrected chi connectivity index (χ4v) is 2.16. The van der Waals surface area contributed by atoms with E-state index in [-0.39, 0.29) is 18.3 Å². The van der Waals surface area contributed by atoms with Crippen LogP contribution in [0, 0.1) is 0 Å². The summed E-state index contributed by atoms with van der Waals surface area (Å²) < 4.78 is 22.1. The van der Waals surface area contributed by atoms with E-state index in [9.17, 15) is 5.11 Å². The molecule has 5 nitrogen and oxygen atoms in total. The van der Waals surface area contributed by atoms with Crippen molar-refractivity contribution in [1.29, 1.82) is 0 Å². The first kappa shape index (κ1) is 11.3. The van der Waals surface area contributed by atoms with Crippen LogP contribution in [0.25, 0.3) is 0 Å². The lowest BCUT2D eigenvalue weighted by Crippen LogP contribution is -2.41. The second kappa shape index (κ2) is 3.68. The van der Waals surface area contributed by atoms with Gasteiger partial charge in [0.05, 0.1) is 6.10 Å². The van der Waals surface area contributed by atoms with E-state index >= 15 is 0 Å². The van der Waals surface area contributed by atoms with Gasteiger partial charge >= 0.3 is 0 Å². The lowest BCUT2D eigenvalue weighted by molar-refractivity contribution is -0.226. The van der Waals surface area contributed by atoms with Crippen molar-refractivity contribution in [1.82, 2.24) is 0 Å². The lowest BCUT2D eigenvalue weighted by atomic mass is 10.1. The highest BCUT2D eigenvalue weighted by Crippen LogP contribution is 2.39. The maximum absolute atomic E-state index is 9.52. The van der Waals surface area contributed by atoms with Crippen molar-refractivity contribution in [2.45, 2.75) is 57.3 Å². The predicted octanol–water partition coefficient (Wildman–Crippen LogP) is 0.259. The molecule has 2 fully saturated rings. The molecular formula is C10H18O5. The fraction of sp³-hybridized carbons (Fsp3) is 1.00. The summed E-state index contributed by atoms with van der Waals surface area (Å²) in [5, 5.41) is 9.52. The van der Waals surface area contributed by atoms with E-state index in [1.165, 1.54) is 0 Å². The van der Waals surface area contributed by atoms with Crippen LogP contribution in [0.2, 0.25) is 0 Å². The van der Waals surface area contributed by atoms with Gasteiger partial charge in [0.25, 0.3) is 0 Å². The third kappa shape index (κ3) is 1.90. The van der Waals surface area contributed by atoms with Gasteiger partial charge in [-0.2, -0.15) is 0 Å². The first-order chi connectivity index (χ1) is 6.94. The minimum atomic E-state index is -0.643. The molecule has 0 aliphatic carbocycles. The van der Waals surface area contributed by atoms with Crippen LogP contribution < -0.4 is 0 Å². The Labute approximate surface area is 89.3 Å². The molecule has 2 heterocycles. The number of fused-ring (bicyclic) bond motifs is 1. The molecule has 15 heavy (non-hydrogen) atoms. The SMILES string of the molecule is CO[C@@H]1[C@H]([C@@H](C)O)O[C@@H]2OC(C)(C)O[C@@H]21. The molecule has 5 atom stereocenters. The van der Waals surface area contributed by atoms with Crippen LogP contribution in [0.5, 0.6) is 0 Å². The summed E-state index contributed by atoms with van der Waals surface area (Å²) in [5.41, 5.74) is 0. The summed E-state index contributed by atoms with van der Waals surface area (Å²) in [4.78, 5) is 0. The van der Waals surface area contributed by atoms with Crippen molar-refractivity contribution in [3.05, 3.63) is 0 Å². The van der Waals surface area contributed by atoms with Gasteiger partial charge < -0.3 is 24.1 Å². The summed E-state index contributed by atoms with van der Waals surface area (Å²) in [6.45, 7) is 5.33. The Bertz CT molecular complexity index is 240. The Morgan fingerprint density at radius 1 is 1.33 bits per heavy atom. The van der Waals surface area contributed by atoms with E-state index in [0.717, 1.165) is 0 Å². The minimum absolute atomic E-state index is 0.260. The molecular weight excluding hydrogens is 200 g/mol. The Kier molecular flexibility index (Phi) is 2.77. The van der Waals surface area contributed by atoms with Crippen molar-refractivity contribution in [2.24, 2.45) is 0 Å². The zero-order valence-electron chi connectivity index (χ0n) is 9.47. The van der Waals surface area contributed by atoms with E-state index in [1.807, 2.05) is 13.8 Å². The minimum Gasteiger partial charge on any atom is -0.391 e. The molecule has 0 radical (unpaired) electrons. The Morgan fingerprint density at radius 2 is 2.00 bits per heavy atom. The molecule has 0 spiro atoms. The zero-order valence-corrected chi connectivity index (χ0v) is 9.47. The maximum Gasteiger partial charge on any atom is 0.190 e. The number of rotatable bonds is 2. The molecule has 2 aliphatic heterocycles. The number of hydrogen-bond acceptors (Lipinski definition) is 5. The molecule has 0 bridgehead atoms. The zero-order chi connectivity index (χ0) is 11.2. The van der Waals surface area contributed by atoms with Crippen LogP contribution in [0.1, 0.15) is 20.8 Å². The van der Waals surface area contributed by atoms with Crippen LogP contribution in [0.15, 0.2) is 0 Å². The number of aliphatic hydroxyl groups excluding tert-OH is 1. The van der Waals surface area contributed by atoms with E-state index < -0.39 is 18.2 Å². The van der Waals surface area contributed by atoms with Gasteiger partial charge in [0.2, 0.25) is 0 Å². The normalized spacial score (nSPS) is 45.4. The van der Waals surface area contributed by atoms with E-state index in [0.29, 0.717) is 0 Å². The molecule has 0 unspecified atom stereocenters. The second-order valence-electron chi connectivity index (χ2n) is 4.51. The third-order valence-corrected chi connectivity index (χ3v) is 2.77. The van der Waals surface area contributed by atoms with Gasteiger partial charge in [0.1, 0.15) is 18.3 Å². The molecule has 88 valence electrons. The third-order valence-electron chi connectivity index (χ3n) is 2.77. The van der Waals surface area contributed by atoms with Crippen molar-refractivity contribution in [2.75, 3.05) is 7.11 Å². The van der Waals surface area contributed by atoms with Crippen molar-refractivity contribution in [3.8, 4) is 0 Å². The van der Waals surface area contributed by atoms with Gasteiger partial charge in [0.15, 0.2) is 12.1 Å². The van der Waals surface area contributed by atoms with E-state index in [4.69, 9.17) is 18.9 Å². The number of methoxy groups -OCH3 is 1. The molecule has 0 saturated carbocycles. The summed E-state index contributed by atoms with van der Waals surface area (Å²) in [6.07, 6.45) is -1.97. The van der Waals surface area contributed by atoms with Crippen molar-refractivity contribution >= 4 is 0 Å². The van der Waals surface area contributed by atoms with Gasteiger partial charge in [-0.05, 0) is 20.8 Å². The molecule has 0 aromatic carbocycles. The second-order valence-corrected chi connectivity index (χ2v) is 4.51. The highest BCUT2D eigenvalue weighted by Gasteiger charge is 2.56. The van der Waals surface area contributed by atoms with Crippen LogP contribution >= 0.6 is 0 Å². The Hall–Kier alpha value is -0.200. The smallest absolute Gasteiger partial charge is 0.190 e. The quantitative estimate of drug-likeness (QED) is 0.720. The monoisotopic (exact) mass is 218 g/mol. The fourth-order valence-electron chi connectivity index (χ4n) is 2.16. The number of ether oxygens (including phenoxy) is 4. The molecule has 0 aromatic rings. The van der Waals surface area contributed by atoms with Crippen LogP contribution in [0.4, 0.5) is 0 Å². The van der Waals surface area contributed by atoms with Crippen molar-refractivity contribution in [3.63, 3.8) is 0 Å². The number of aliphatic hydroxyl groups is 1. The van der Waals surface area contributed by atoms with E-state index in [2.05, 4.69) is 0 Å². The van der Waals surface area contributed by atoms with Gasteiger partial charge in [-0.3, -0.25) is 0 Å². The number of hydrogen-bond donors (Lipinski definition) is 1. The highest BCUT2D eigenvalue weighted by molar-refractivity contribution is 4.95. The highest BCUT2D eigenvalue weighted by atomic mass is 16.8.